The summed E-state index contributed by atoms with van der Waals surface area (Å²) in [5, 5.41) is 1.16. The molecular formula is C37H58FN2P. The Kier molecular flexibility index (Phi) is 23.6. The van der Waals surface area contributed by atoms with Gasteiger partial charge in [-0.25, -0.2) is 4.39 Å². The van der Waals surface area contributed by atoms with Crippen LogP contribution in [0.15, 0.2) is 86.5 Å². The van der Waals surface area contributed by atoms with Crippen LogP contribution in [0.2, 0.25) is 0 Å². The number of likely N-dealkylation sites (tertiary alicyclic amines) is 1. The van der Waals surface area contributed by atoms with Crippen LogP contribution in [0, 0.1) is 18.7 Å². The van der Waals surface area contributed by atoms with E-state index in [0.717, 1.165) is 54.5 Å². The zero-order chi connectivity index (χ0) is 32.0. The molecule has 2 aromatic rings. The summed E-state index contributed by atoms with van der Waals surface area (Å²) >= 11 is 0. The van der Waals surface area contributed by atoms with E-state index in [9.17, 15) is 4.39 Å². The first-order valence-electron chi connectivity index (χ1n) is 14.9. The number of nitrogens with two attached hydrogens (primary N) is 1. The van der Waals surface area contributed by atoms with Gasteiger partial charge in [0.15, 0.2) is 0 Å². The monoisotopic (exact) mass is 580 g/mol. The molecule has 2 N–H and O–H groups in total. The van der Waals surface area contributed by atoms with Crippen LogP contribution < -0.4 is 10.8 Å². The molecule has 0 saturated carbocycles. The number of hydrogen-bond donors (Lipinski definition) is 1. The van der Waals surface area contributed by atoms with Crippen molar-refractivity contribution in [2.75, 3.05) is 13.1 Å². The predicted octanol–water partition coefficient (Wildman–Crippen LogP) is 10.7. The first kappa shape index (κ1) is 40.4. The lowest BCUT2D eigenvalue weighted by Gasteiger charge is -2.35. The van der Waals surface area contributed by atoms with Crippen molar-refractivity contribution in [1.29, 1.82) is 0 Å². The largest absolute Gasteiger partial charge is 0.371 e. The molecule has 1 unspecified atom stereocenters. The standard InChI is InChI=1S/C26H32FN2P.C4H8.C3H6.2C2H6/c1-5-22(6-2)24-17-25(26(30-28)15-18(24)3)19(4)29-13-11-21(12-14-29)16-20-7-9-23(27)10-8-20;1-4(2)3;1-3-2;2*1-2/h5-10,15,17,21,30H,1,4,11-14,16,28H2,2-3H3;1H2,2-3H3;3H,1H2,2H3;2*1-2H3/b22-6-;;;;. The maximum Gasteiger partial charge on any atom is 0.123 e. The first-order chi connectivity index (χ1) is 19.6. The Morgan fingerprint density at radius 1 is 0.976 bits per heavy atom. The number of benzene rings is 2. The minimum Gasteiger partial charge on any atom is -0.371 e. The summed E-state index contributed by atoms with van der Waals surface area (Å²) in [5.74, 6) is 0.454. The van der Waals surface area contributed by atoms with E-state index in [-0.39, 0.29) is 14.5 Å². The zero-order valence-corrected chi connectivity index (χ0v) is 28.5. The summed E-state index contributed by atoms with van der Waals surface area (Å²) in [7, 11) is 0.235. The Labute approximate surface area is 254 Å². The molecule has 41 heavy (non-hydrogen) atoms. The van der Waals surface area contributed by atoms with Gasteiger partial charge >= 0.3 is 0 Å². The molecule has 1 aliphatic heterocycles. The molecule has 228 valence electrons. The van der Waals surface area contributed by atoms with Crippen LogP contribution >= 0.6 is 8.73 Å². The summed E-state index contributed by atoms with van der Waals surface area (Å²) in [5.41, 5.74) is 14.2. The van der Waals surface area contributed by atoms with Crippen molar-refractivity contribution >= 4 is 25.3 Å². The van der Waals surface area contributed by atoms with Gasteiger partial charge in [-0.05, 0) is 120 Å². The van der Waals surface area contributed by atoms with Crippen LogP contribution in [-0.2, 0) is 6.42 Å². The number of allylic oxidation sites excluding steroid dienone is 5. The molecule has 1 atom stereocenters. The maximum absolute atomic E-state index is 13.1. The summed E-state index contributed by atoms with van der Waals surface area (Å²) in [6, 6.07) is 11.3. The Morgan fingerprint density at radius 3 is 1.88 bits per heavy atom. The van der Waals surface area contributed by atoms with Crippen LogP contribution in [0.5, 0.6) is 0 Å². The minimum absolute atomic E-state index is 0.170. The van der Waals surface area contributed by atoms with E-state index in [1.165, 1.54) is 22.3 Å². The van der Waals surface area contributed by atoms with Crippen molar-refractivity contribution < 1.29 is 4.39 Å². The molecule has 2 nitrogen and oxygen atoms in total. The third-order valence-corrected chi connectivity index (χ3v) is 6.83. The number of nitrogens with zero attached hydrogens (tertiary/aromatic N) is 1. The lowest BCUT2D eigenvalue weighted by Crippen LogP contribution is -2.34. The van der Waals surface area contributed by atoms with Crippen molar-refractivity contribution in [3.63, 3.8) is 0 Å². The molecule has 0 aliphatic carbocycles. The molecule has 0 bridgehead atoms. The molecule has 0 amide bonds. The van der Waals surface area contributed by atoms with Crippen molar-refractivity contribution in [2.45, 2.75) is 81.6 Å². The average molecular weight is 581 g/mol. The number of halogens is 1. The maximum atomic E-state index is 13.1. The number of rotatable bonds is 7. The van der Waals surface area contributed by atoms with Crippen LogP contribution in [-0.4, -0.2) is 18.0 Å². The first-order valence-corrected chi connectivity index (χ1v) is 16.0. The molecule has 0 radical (unpaired) electrons. The summed E-state index contributed by atoms with van der Waals surface area (Å²) in [4.78, 5) is 2.39. The minimum atomic E-state index is -0.170. The lowest BCUT2D eigenvalue weighted by atomic mass is 9.89. The Hall–Kier alpha value is -2.74. The quantitative estimate of drug-likeness (QED) is 0.200. The van der Waals surface area contributed by atoms with E-state index in [2.05, 4.69) is 56.3 Å². The van der Waals surface area contributed by atoms with Crippen LogP contribution in [0.4, 0.5) is 4.39 Å². The SMILES string of the molecule is C=C(C)C.C=C/C(=C/C)c1cc(C(=C)N2CCC(Cc3ccc(F)cc3)CC2)c(PN)cc1C.C=CC.CC.CC. The summed E-state index contributed by atoms with van der Waals surface area (Å²) in [6.07, 6.45) is 8.98. The molecule has 2 aromatic carbocycles. The molecule has 0 spiro atoms. The molecular weight excluding hydrogens is 522 g/mol. The second-order valence-corrected chi connectivity index (χ2v) is 10.5. The number of aryl methyl sites for hydroxylation is 1. The zero-order valence-electron chi connectivity index (χ0n) is 27.5. The third kappa shape index (κ3) is 15.2. The highest BCUT2D eigenvalue weighted by atomic mass is 31.1. The highest BCUT2D eigenvalue weighted by Gasteiger charge is 2.22. The van der Waals surface area contributed by atoms with Crippen LogP contribution in [0.1, 0.15) is 90.5 Å². The Bertz CT molecular complexity index is 1070. The summed E-state index contributed by atoms with van der Waals surface area (Å²) < 4.78 is 13.1. The average Bonchev–Trinajstić information content (AvgIpc) is 2.98. The van der Waals surface area contributed by atoms with Gasteiger partial charge in [0.05, 0.1) is 0 Å². The number of piperidine rings is 1. The van der Waals surface area contributed by atoms with Gasteiger partial charge in [0.2, 0.25) is 0 Å². The molecule has 3 rings (SSSR count). The van der Waals surface area contributed by atoms with Crippen molar-refractivity contribution in [3.05, 3.63) is 115 Å². The fraction of sp³-hybridized carbons (Fsp3) is 0.405. The highest BCUT2D eigenvalue weighted by Crippen LogP contribution is 2.30. The fourth-order valence-electron chi connectivity index (χ4n) is 4.29. The second kappa shape index (κ2) is 23.9. The normalized spacial score (nSPS) is 12.8. The van der Waals surface area contributed by atoms with E-state index in [1.54, 1.807) is 18.2 Å². The van der Waals surface area contributed by atoms with E-state index in [1.807, 2.05) is 73.6 Å². The highest BCUT2D eigenvalue weighted by molar-refractivity contribution is 7.44. The Morgan fingerprint density at radius 2 is 1.46 bits per heavy atom. The number of hydrogen-bond acceptors (Lipinski definition) is 2. The van der Waals surface area contributed by atoms with Gasteiger partial charge in [0.25, 0.3) is 0 Å². The van der Waals surface area contributed by atoms with Crippen molar-refractivity contribution in [2.24, 2.45) is 11.4 Å². The lowest BCUT2D eigenvalue weighted by molar-refractivity contribution is 0.254. The molecule has 1 aliphatic rings. The third-order valence-electron chi connectivity index (χ3n) is 6.11. The molecule has 1 heterocycles. The molecule has 1 fully saturated rings. The fourth-order valence-corrected chi connectivity index (χ4v) is 4.96. The van der Waals surface area contributed by atoms with E-state index < -0.39 is 0 Å². The van der Waals surface area contributed by atoms with Crippen LogP contribution in [0.25, 0.3) is 11.3 Å². The van der Waals surface area contributed by atoms with Crippen molar-refractivity contribution in [1.82, 2.24) is 4.90 Å². The van der Waals surface area contributed by atoms with E-state index >= 15 is 0 Å². The predicted molar refractivity (Wildman–Crippen MR) is 190 cm³/mol. The van der Waals surface area contributed by atoms with E-state index in [0.29, 0.717) is 5.92 Å². The van der Waals surface area contributed by atoms with Gasteiger partial charge < -0.3 is 10.4 Å². The van der Waals surface area contributed by atoms with E-state index in [4.69, 9.17) is 5.50 Å². The molecule has 0 aromatic heterocycles. The van der Waals surface area contributed by atoms with Gasteiger partial charge in [-0.1, -0.05) is 76.8 Å². The van der Waals surface area contributed by atoms with Gasteiger partial charge in [0, 0.05) is 24.4 Å². The van der Waals surface area contributed by atoms with Gasteiger partial charge in [-0.3, -0.25) is 0 Å². The molecule has 4 heteroatoms. The van der Waals surface area contributed by atoms with Gasteiger partial charge in [0.1, 0.15) is 5.82 Å². The van der Waals surface area contributed by atoms with Crippen molar-refractivity contribution in [3.8, 4) is 0 Å². The Balaban J connectivity index is 0. The van der Waals surface area contributed by atoms with Gasteiger partial charge in [-0.15, -0.1) is 13.2 Å². The summed E-state index contributed by atoms with van der Waals surface area (Å²) in [6.45, 7) is 35.3. The van der Waals surface area contributed by atoms with Crippen LogP contribution in [0.3, 0.4) is 0 Å². The smallest absolute Gasteiger partial charge is 0.123 e. The second-order valence-electron chi connectivity index (χ2n) is 9.63. The molecule has 1 saturated heterocycles. The topological polar surface area (TPSA) is 29.3 Å². The van der Waals surface area contributed by atoms with Gasteiger partial charge in [-0.2, -0.15) is 0 Å².